The van der Waals surface area contributed by atoms with Crippen molar-refractivity contribution in [2.45, 2.75) is 64.1 Å². The summed E-state index contributed by atoms with van der Waals surface area (Å²) < 4.78 is 29.5. The Morgan fingerprint density at radius 3 is 2.18 bits per heavy atom. The van der Waals surface area contributed by atoms with Crippen LogP contribution in [0.3, 0.4) is 0 Å². The van der Waals surface area contributed by atoms with Crippen LogP contribution in [0.5, 0.6) is 0 Å². The van der Waals surface area contributed by atoms with Crippen LogP contribution < -0.4 is 9.62 Å². The van der Waals surface area contributed by atoms with Crippen molar-refractivity contribution in [3.8, 4) is 0 Å². The minimum atomic E-state index is -4.10. The molecule has 0 saturated carbocycles. The summed E-state index contributed by atoms with van der Waals surface area (Å²) in [5.41, 5.74) is 1.69. The van der Waals surface area contributed by atoms with E-state index in [9.17, 15) is 18.0 Å². The molecule has 3 aromatic carbocycles. The summed E-state index contributed by atoms with van der Waals surface area (Å²) in [5.74, 6) is -0.763. The molecule has 1 N–H and O–H groups in total. The Kier molecular flexibility index (Phi) is 9.96. The van der Waals surface area contributed by atoms with Gasteiger partial charge in [0.1, 0.15) is 12.6 Å². The topological polar surface area (TPSA) is 86.8 Å². The van der Waals surface area contributed by atoms with Crippen molar-refractivity contribution in [3.63, 3.8) is 0 Å². The fourth-order valence-electron chi connectivity index (χ4n) is 4.22. The number of nitrogens with zero attached hydrogens (tertiary/aromatic N) is 2. The molecule has 0 saturated heterocycles. The number of amides is 2. The number of benzene rings is 3. The number of anilines is 1. The van der Waals surface area contributed by atoms with Gasteiger partial charge < -0.3 is 10.2 Å². The molecule has 0 aliphatic heterocycles. The van der Waals surface area contributed by atoms with Gasteiger partial charge >= 0.3 is 0 Å². The van der Waals surface area contributed by atoms with Gasteiger partial charge in [-0.2, -0.15) is 0 Å². The predicted octanol–water partition coefficient (Wildman–Crippen LogP) is 5.67. The minimum absolute atomic E-state index is 0.0701. The maximum Gasteiger partial charge on any atom is 0.264 e. The van der Waals surface area contributed by atoms with Crippen molar-refractivity contribution in [2.24, 2.45) is 0 Å². The largest absolute Gasteiger partial charge is 0.350 e. The number of rotatable bonds is 10. The van der Waals surface area contributed by atoms with Crippen LogP contribution in [0.1, 0.15) is 45.2 Å². The average molecular weight is 615 g/mol. The summed E-state index contributed by atoms with van der Waals surface area (Å²) >= 11 is 3.41. The molecule has 208 valence electrons. The monoisotopic (exact) mass is 613 g/mol. The van der Waals surface area contributed by atoms with Gasteiger partial charge in [0.15, 0.2) is 0 Å². The predicted molar refractivity (Wildman–Crippen MR) is 159 cm³/mol. The van der Waals surface area contributed by atoms with Crippen LogP contribution in [0.15, 0.2) is 88.2 Å². The van der Waals surface area contributed by atoms with E-state index in [1.165, 1.54) is 17.0 Å². The molecule has 0 spiro atoms. The lowest BCUT2D eigenvalue weighted by Crippen LogP contribution is -2.55. The number of carbonyl (C=O) groups is 2. The lowest BCUT2D eigenvalue weighted by molar-refractivity contribution is -0.141. The fraction of sp³-hybridized carbons (Fsp3) is 0.333. The lowest BCUT2D eigenvalue weighted by Gasteiger charge is -2.35. The molecule has 0 fully saturated rings. The second-order valence-corrected chi connectivity index (χ2v) is 13.2. The van der Waals surface area contributed by atoms with E-state index in [0.717, 1.165) is 15.4 Å². The van der Waals surface area contributed by atoms with E-state index >= 15 is 0 Å². The summed E-state index contributed by atoms with van der Waals surface area (Å²) in [5, 5.41) is 2.98. The van der Waals surface area contributed by atoms with E-state index < -0.39 is 34.1 Å². The molecule has 0 unspecified atom stereocenters. The van der Waals surface area contributed by atoms with Gasteiger partial charge in [0.2, 0.25) is 11.8 Å². The maximum atomic E-state index is 14.1. The van der Waals surface area contributed by atoms with Gasteiger partial charge in [0.05, 0.1) is 10.6 Å². The number of hydrogen-bond acceptors (Lipinski definition) is 4. The Bertz CT molecular complexity index is 1400. The lowest BCUT2D eigenvalue weighted by atomic mass is 10.0. The summed E-state index contributed by atoms with van der Waals surface area (Å²) in [7, 11) is -4.10. The zero-order chi connectivity index (χ0) is 28.8. The maximum absolute atomic E-state index is 14.1. The van der Waals surface area contributed by atoms with Crippen LogP contribution >= 0.6 is 15.9 Å². The van der Waals surface area contributed by atoms with Gasteiger partial charge in [0.25, 0.3) is 10.0 Å². The zero-order valence-corrected chi connectivity index (χ0v) is 25.4. The average Bonchev–Trinajstić information content (AvgIpc) is 2.87. The molecule has 7 nitrogen and oxygen atoms in total. The van der Waals surface area contributed by atoms with E-state index in [2.05, 4.69) is 21.2 Å². The van der Waals surface area contributed by atoms with Crippen LogP contribution in [0.4, 0.5) is 5.69 Å². The summed E-state index contributed by atoms with van der Waals surface area (Å²) in [6, 6.07) is 21.7. The van der Waals surface area contributed by atoms with Crippen LogP contribution in [0.25, 0.3) is 0 Å². The normalized spacial score (nSPS) is 12.5. The molecule has 2 amide bonds. The SMILES string of the molecule is CC[C@@H](C(=O)NC(C)(C)C)N(Cc1ccccc1C)C(=O)CN(c1cccc(Br)c1)S(=O)(=O)c1ccccc1. The van der Waals surface area contributed by atoms with Crippen LogP contribution in [0, 0.1) is 6.92 Å². The van der Waals surface area contributed by atoms with E-state index in [1.807, 2.05) is 58.9 Å². The van der Waals surface area contributed by atoms with Crippen LogP contribution in [-0.2, 0) is 26.2 Å². The first-order valence-electron chi connectivity index (χ1n) is 12.8. The number of aryl methyl sites for hydroxylation is 1. The Morgan fingerprint density at radius 1 is 0.949 bits per heavy atom. The first-order valence-corrected chi connectivity index (χ1v) is 15.1. The van der Waals surface area contributed by atoms with Crippen LogP contribution in [-0.4, -0.2) is 43.3 Å². The van der Waals surface area contributed by atoms with Crippen molar-refractivity contribution in [1.29, 1.82) is 0 Å². The first kappa shape index (κ1) is 30.4. The smallest absolute Gasteiger partial charge is 0.264 e. The quantitative estimate of drug-likeness (QED) is 0.319. The Balaban J connectivity index is 2.08. The fourth-order valence-corrected chi connectivity index (χ4v) is 6.04. The van der Waals surface area contributed by atoms with E-state index in [-0.39, 0.29) is 17.3 Å². The first-order chi connectivity index (χ1) is 18.3. The molecule has 9 heteroatoms. The summed E-state index contributed by atoms with van der Waals surface area (Å²) in [4.78, 5) is 29.1. The molecular weight excluding hydrogens is 578 g/mol. The number of sulfonamides is 1. The third-order valence-corrected chi connectivity index (χ3v) is 8.47. The molecular formula is C30H36BrN3O4S. The highest BCUT2D eigenvalue weighted by atomic mass is 79.9. The number of halogens is 1. The highest BCUT2D eigenvalue weighted by Crippen LogP contribution is 2.27. The second-order valence-electron chi connectivity index (χ2n) is 10.4. The molecule has 0 aromatic heterocycles. The van der Waals surface area contributed by atoms with Gasteiger partial charge in [-0.05, 0) is 75.6 Å². The zero-order valence-electron chi connectivity index (χ0n) is 23.0. The van der Waals surface area contributed by atoms with Gasteiger partial charge in [0, 0.05) is 16.6 Å². The van der Waals surface area contributed by atoms with E-state index in [1.54, 1.807) is 42.5 Å². The minimum Gasteiger partial charge on any atom is -0.350 e. The Hall–Kier alpha value is -3.17. The number of carbonyl (C=O) groups excluding carboxylic acids is 2. The third-order valence-electron chi connectivity index (χ3n) is 6.19. The molecule has 0 aliphatic carbocycles. The van der Waals surface area contributed by atoms with Crippen LogP contribution in [0.2, 0.25) is 0 Å². The van der Waals surface area contributed by atoms with Crippen molar-refractivity contribution < 1.29 is 18.0 Å². The Morgan fingerprint density at radius 2 is 1.59 bits per heavy atom. The third kappa shape index (κ3) is 7.92. The van der Waals surface area contributed by atoms with Gasteiger partial charge in [-0.15, -0.1) is 0 Å². The Labute approximate surface area is 240 Å². The highest BCUT2D eigenvalue weighted by Gasteiger charge is 2.34. The van der Waals surface area contributed by atoms with Crippen molar-refractivity contribution >= 4 is 43.5 Å². The summed E-state index contributed by atoms with van der Waals surface area (Å²) in [6.07, 6.45) is 0.363. The van der Waals surface area contributed by atoms with Gasteiger partial charge in [-0.25, -0.2) is 8.42 Å². The number of nitrogens with one attached hydrogen (secondary N) is 1. The molecule has 39 heavy (non-hydrogen) atoms. The molecule has 0 heterocycles. The molecule has 0 radical (unpaired) electrons. The standard InChI is InChI=1S/C30H36BrN3O4S/c1-6-27(29(36)32-30(3,4)5)33(20-23-14-11-10-13-22(23)2)28(35)21-34(25-16-12-15-24(31)19-25)39(37,38)26-17-8-7-9-18-26/h7-19,27H,6,20-21H2,1-5H3,(H,32,36)/t27-/m0/s1. The molecule has 1 atom stereocenters. The molecule has 3 rings (SSSR count). The van der Waals surface area contributed by atoms with E-state index in [0.29, 0.717) is 16.6 Å². The molecule has 0 aliphatic rings. The van der Waals surface area contributed by atoms with E-state index in [4.69, 9.17) is 0 Å². The number of hydrogen-bond donors (Lipinski definition) is 1. The van der Waals surface area contributed by atoms with Gasteiger partial charge in [-0.1, -0.05) is 71.4 Å². The second kappa shape index (κ2) is 12.8. The van der Waals surface area contributed by atoms with Crippen molar-refractivity contribution in [2.75, 3.05) is 10.8 Å². The van der Waals surface area contributed by atoms with Crippen molar-refractivity contribution in [3.05, 3.63) is 94.5 Å². The van der Waals surface area contributed by atoms with Gasteiger partial charge in [-0.3, -0.25) is 13.9 Å². The highest BCUT2D eigenvalue weighted by molar-refractivity contribution is 9.10. The molecule has 3 aromatic rings. The summed E-state index contributed by atoms with van der Waals surface area (Å²) in [6.45, 7) is 9.13. The molecule has 0 bridgehead atoms. The van der Waals surface area contributed by atoms with Crippen molar-refractivity contribution in [1.82, 2.24) is 10.2 Å².